The number of benzene rings is 2. The van der Waals surface area contributed by atoms with Crippen molar-refractivity contribution in [3.8, 4) is 5.75 Å². The van der Waals surface area contributed by atoms with E-state index in [1.807, 2.05) is 23.1 Å². The van der Waals surface area contributed by atoms with Crippen molar-refractivity contribution in [1.82, 2.24) is 24.7 Å². The van der Waals surface area contributed by atoms with E-state index in [4.69, 9.17) is 23.2 Å². The average Bonchev–Trinajstić information content (AvgIpc) is 3.12. The molecule has 0 spiro atoms. The third-order valence-corrected chi connectivity index (χ3v) is 6.11. The van der Waals surface area contributed by atoms with Crippen molar-refractivity contribution in [3.05, 3.63) is 63.6 Å². The first-order valence-corrected chi connectivity index (χ1v) is 10.7. The van der Waals surface area contributed by atoms with Gasteiger partial charge >= 0.3 is 17.8 Å². The Hall–Kier alpha value is -3.19. The number of nitrogens with one attached hydrogen (secondary N) is 1. The number of rotatable bonds is 5. The molecule has 1 unspecified atom stereocenters. The van der Waals surface area contributed by atoms with Crippen molar-refractivity contribution in [3.63, 3.8) is 0 Å². The van der Waals surface area contributed by atoms with E-state index in [0.717, 1.165) is 16.0 Å². The van der Waals surface area contributed by atoms with Crippen LogP contribution in [0.5, 0.6) is 5.75 Å². The molecule has 10 heteroatoms. The molecule has 1 atom stereocenters. The van der Waals surface area contributed by atoms with Gasteiger partial charge in [0.2, 0.25) is 6.04 Å². The molecule has 2 aromatic rings. The number of phenols is 1. The van der Waals surface area contributed by atoms with Crippen LogP contribution in [0.3, 0.4) is 0 Å². The summed E-state index contributed by atoms with van der Waals surface area (Å²) in [5.74, 6) is 0.712. The van der Waals surface area contributed by atoms with Gasteiger partial charge in [0.25, 0.3) is 5.91 Å². The average molecular weight is 475 g/mol. The zero-order valence-corrected chi connectivity index (χ0v) is 19.1. The molecule has 2 aliphatic heterocycles. The second kappa shape index (κ2) is 8.74. The summed E-state index contributed by atoms with van der Waals surface area (Å²) in [6.45, 7) is 0.840. The minimum atomic E-state index is -0.745. The second-order valence-electron chi connectivity index (χ2n) is 7.64. The lowest BCUT2D eigenvalue weighted by molar-refractivity contribution is -0.130. The summed E-state index contributed by atoms with van der Waals surface area (Å²) >= 11 is 12.4. The number of hydrogen-bond donors (Lipinski definition) is 2. The standard InChI is InChI=1S/C22H21Cl2N5O3/c1-27-19-18(20(31)28(2)22(27)32)29(12-14-5-6-15(23)11-17(14)24)21(26-19)25-10-9-13-3-7-16(30)8-4-13/h3-8,11,18,30H,9-10,12H2,1-2H3/p+1. The number of hydrogen-bond acceptors (Lipinski definition) is 5. The molecule has 0 saturated carbocycles. The molecule has 166 valence electrons. The van der Waals surface area contributed by atoms with Gasteiger partial charge in [0, 0.05) is 22.7 Å². The second-order valence-corrected chi connectivity index (χ2v) is 8.49. The zero-order valence-electron chi connectivity index (χ0n) is 17.5. The summed E-state index contributed by atoms with van der Waals surface area (Å²) < 4.78 is 4.59. The predicted molar refractivity (Wildman–Crippen MR) is 124 cm³/mol. The fourth-order valence-corrected chi connectivity index (χ4v) is 4.19. The van der Waals surface area contributed by atoms with Crippen LogP contribution in [-0.2, 0) is 17.8 Å². The number of nitrogens with zero attached hydrogens (tertiary/aromatic N) is 4. The molecule has 0 bridgehead atoms. The summed E-state index contributed by atoms with van der Waals surface area (Å²) in [4.78, 5) is 29.7. The number of fused-ring (bicyclic) bond motifs is 1. The molecule has 2 aliphatic rings. The fraction of sp³-hybridized carbons (Fsp3) is 0.273. The molecule has 4 rings (SSSR count). The Labute approximate surface area is 195 Å². The molecule has 2 heterocycles. The van der Waals surface area contributed by atoms with Gasteiger partial charge in [-0.2, -0.15) is 0 Å². The van der Waals surface area contributed by atoms with Crippen molar-refractivity contribution in [2.75, 3.05) is 20.6 Å². The Bertz CT molecular complexity index is 1140. The zero-order chi connectivity index (χ0) is 23.0. The molecule has 2 aromatic carbocycles. The molecule has 8 nitrogen and oxygen atoms in total. The van der Waals surface area contributed by atoms with E-state index >= 15 is 0 Å². The number of aromatic hydroxyl groups is 1. The normalized spacial score (nSPS) is 18.0. The van der Waals surface area contributed by atoms with E-state index < -0.39 is 12.1 Å². The molecule has 0 aromatic heterocycles. The van der Waals surface area contributed by atoms with Crippen molar-refractivity contribution in [1.29, 1.82) is 0 Å². The molecule has 1 fully saturated rings. The predicted octanol–water partition coefficient (Wildman–Crippen LogP) is 2.06. The topological polar surface area (TPSA) is 90.2 Å². The number of carbonyl (C=O) groups is 2. The van der Waals surface area contributed by atoms with Gasteiger partial charge in [-0.05, 0) is 36.2 Å². The van der Waals surface area contributed by atoms with Crippen LogP contribution in [0, 0.1) is 0 Å². The number of halogens is 2. The lowest BCUT2D eigenvalue weighted by Gasteiger charge is -2.32. The number of guanidine groups is 1. The van der Waals surface area contributed by atoms with Crippen LogP contribution < -0.4 is 9.98 Å². The summed E-state index contributed by atoms with van der Waals surface area (Å²) in [5.41, 5.74) is 1.81. The maximum Gasteiger partial charge on any atom is 0.398 e. The van der Waals surface area contributed by atoms with Gasteiger partial charge in [-0.25, -0.2) is 19.3 Å². The van der Waals surface area contributed by atoms with Crippen LogP contribution in [0.2, 0.25) is 10.0 Å². The number of phenolic OH excluding ortho intramolecular Hbond substituents is 1. The molecule has 3 amide bonds. The number of imide groups is 1. The first-order chi connectivity index (χ1) is 15.3. The molecular weight excluding hydrogens is 453 g/mol. The van der Waals surface area contributed by atoms with Crippen molar-refractivity contribution in [2.45, 2.75) is 19.0 Å². The number of urea groups is 1. The third-order valence-electron chi connectivity index (χ3n) is 5.52. The van der Waals surface area contributed by atoms with Gasteiger partial charge in [0.15, 0.2) is 0 Å². The molecule has 32 heavy (non-hydrogen) atoms. The van der Waals surface area contributed by atoms with E-state index in [1.165, 1.54) is 11.9 Å². The highest BCUT2D eigenvalue weighted by Gasteiger charge is 2.54. The summed E-state index contributed by atoms with van der Waals surface area (Å²) in [6, 6.07) is 11.0. The van der Waals surface area contributed by atoms with E-state index in [9.17, 15) is 14.7 Å². The number of amidine groups is 1. The first kappa shape index (κ1) is 22.0. The minimum Gasteiger partial charge on any atom is -0.508 e. The maximum absolute atomic E-state index is 13.0. The Kier molecular flexibility index (Phi) is 6.02. The highest BCUT2D eigenvalue weighted by atomic mass is 35.5. The summed E-state index contributed by atoms with van der Waals surface area (Å²) in [7, 11) is 3.06. The van der Waals surface area contributed by atoms with Gasteiger partial charge in [0.1, 0.15) is 5.75 Å². The van der Waals surface area contributed by atoms with Gasteiger partial charge in [-0.15, -0.1) is 0 Å². The molecule has 0 radical (unpaired) electrons. The minimum absolute atomic E-state index is 0.212. The van der Waals surface area contributed by atoms with Crippen molar-refractivity contribution in [2.24, 2.45) is 0 Å². The van der Waals surface area contributed by atoms with Gasteiger partial charge in [-0.1, -0.05) is 41.4 Å². The molecular formula is C22H22Cl2N5O3+. The quantitative estimate of drug-likeness (QED) is 0.647. The van der Waals surface area contributed by atoms with Crippen LogP contribution in [0.4, 0.5) is 4.79 Å². The molecule has 0 aliphatic carbocycles. The lowest BCUT2D eigenvalue weighted by atomic mass is 10.1. The molecule has 2 N–H and O–H groups in total. The van der Waals surface area contributed by atoms with Crippen molar-refractivity contribution < 1.29 is 14.7 Å². The highest BCUT2D eigenvalue weighted by Crippen LogP contribution is 2.25. The van der Waals surface area contributed by atoms with Gasteiger partial charge in [0.05, 0.1) is 20.1 Å². The van der Waals surface area contributed by atoms with Crippen LogP contribution in [0.1, 0.15) is 11.1 Å². The smallest absolute Gasteiger partial charge is 0.398 e. The first-order valence-electron chi connectivity index (χ1n) is 9.99. The molecule has 1 saturated heterocycles. The fourth-order valence-electron chi connectivity index (χ4n) is 3.72. The van der Waals surface area contributed by atoms with E-state index in [2.05, 4.69) is 9.98 Å². The number of amides is 3. The van der Waals surface area contributed by atoms with Gasteiger partial charge in [-0.3, -0.25) is 15.0 Å². The SMILES string of the molecule is CN1C(=O)C2C(=[N+]=C(NCCc3ccc(O)cc3)N2Cc2ccc(Cl)cc2Cl)N(C)C1=O. The van der Waals surface area contributed by atoms with E-state index in [1.54, 1.807) is 31.3 Å². The van der Waals surface area contributed by atoms with E-state index in [-0.39, 0.29) is 11.7 Å². The van der Waals surface area contributed by atoms with Gasteiger partial charge < -0.3 is 5.11 Å². The van der Waals surface area contributed by atoms with Crippen molar-refractivity contribution >= 4 is 46.9 Å². The highest BCUT2D eigenvalue weighted by molar-refractivity contribution is 6.35. The third kappa shape index (κ3) is 4.12. The Balaban J connectivity index is 1.60. The van der Waals surface area contributed by atoms with E-state index in [0.29, 0.717) is 41.4 Å². The Morgan fingerprint density at radius 1 is 1.06 bits per heavy atom. The summed E-state index contributed by atoms with van der Waals surface area (Å²) in [6.07, 6.45) is 0.678. The van der Waals surface area contributed by atoms with Crippen LogP contribution in [-0.4, -0.2) is 70.2 Å². The van der Waals surface area contributed by atoms with Crippen LogP contribution in [0.25, 0.3) is 0 Å². The monoisotopic (exact) mass is 474 g/mol. The Morgan fingerprint density at radius 3 is 2.47 bits per heavy atom. The lowest BCUT2D eigenvalue weighted by Crippen LogP contribution is -2.64. The maximum atomic E-state index is 13.0. The number of carbonyl (C=O) groups excluding carboxylic acids is 2. The number of likely N-dealkylation sites (N-methyl/N-ethyl adjacent to an activating group) is 2. The summed E-state index contributed by atoms with van der Waals surface area (Å²) in [5, 5.41) is 13.7. The van der Waals surface area contributed by atoms with Crippen LogP contribution >= 0.6 is 23.2 Å². The Morgan fingerprint density at radius 2 is 1.78 bits per heavy atom. The van der Waals surface area contributed by atoms with Crippen LogP contribution in [0.15, 0.2) is 42.5 Å². The largest absolute Gasteiger partial charge is 0.508 e.